The van der Waals surface area contributed by atoms with Crippen molar-refractivity contribution in [2.45, 2.75) is 32.7 Å². The molecule has 0 radical (unpaired) electrons. The maximum atomic E-state index is 13.0. The number of aryl methyl sites for hydroxylation is 2. The second kappa shape index (κ2) is 6.59. The zero-order chi connectivity index (χ0) is 17.4. The van der Waals surface area contributed by atoms with E-state index in [1.165, 1.54) is 0 Å². The van der Waals surface area contributed by atoms with Crippen LogP contribution in [0, 0.1) is 19.8 Å². The van der Waals surface area contributed by atoms with Crippen molar-refractivity contribution < 1.29 is 14.0 Å². The largest absolute Gasteiger partial charge is 0.466 e. The molecule has 3 aliphatic rings. The molecule has 24 heavy (non-hydrogen) atoms. The first-order valence-electron chi connectivity index (χ1n) is 8.65. The van der Waals surface area contributed by atoms with Gasteiger partial charge in [0.15, 0.2) is 0 Å². The van der Waals surface area contributed by atoms with Crippen LogP contribution in [0.2, 0.25) is 0 Å². The standard InChI is InChI=1S/C18H27N3O3/c1-12-7-16(13(2)24-12)18(23)21-9-14-5-6-15(21)10-20(8-14)11-17(22)19(3)4/h7,14-15H,5-6,8-11H2,1-4H3/t14-,15+/m1/s1. The summed E-state index contributed by atoms with van der Waals surface area (Å²) in [4.78, 5) is 30.9. The van der Waals surface area contributed by atoms with Crippen LogP contribution in [0.25, 0.3) is 0 Å². The van der Waals surface area contributed by atoms with Gasteiger partial charge in [-0.1, -0.05) is 0 Å². The molecule has 4 rings (SSSR count). The summed E-state index contributed by atoms with van der Waals surface area (Å²) in [6.07, 6.45) is 2.14. The average molecular weight is 333 g/mol. The highest BCUT2D eigenvalue weighted by atomic mass is 16.3. The van der Waals surface area contributed by atoms with E-state index in [4.69, 9.17) is 4.42 Å². The minimum atomic E-state index is 0.0693. The van der Waals surface area contributed by atoms with Gasteiger partial charge in [0.05, 0.1) is 12.1 Å². The van der Waals surface area contributed by atoms with E-state index < -0.39 is 0 Å². The Morgan fingerprint density at radius 1 is 1.21 bits per heavy atom. The van der Waals surface area contributed by atoms with Gasteiger partial charge in [-0.3, -0.25) is 14.5 Å². The summed E-state index contributed by atoms with van der Waals surface area (Å²) < 4.78 is 5.53. The maximum Gasteiger partial charge on any atom is 0.257 e. The number of likely N-dealkylation sites (N-methyl/N-ethyl adjacent to an activating group) is 1. The number of carbonyl (C=O) groups excluding carboxylic acids is 2. The van der Waals surface area contributed by atoms with Gasteiger partial charge in [0.2, 0.25) is 5.91 Å². The molecule has 0 aromatic carbocycles. The van der Waals surface area contributed by atoms with E-state index in [0.717, 1.165) is 38.2 Å². The highest BCUT2D eigenvalue weighted by Gasteiger charge is 2.38. The first-order valence-corrected chi connectivity index (χ1v) is 8.65. The van der Waals surface area contributed by atoms with Crippen LogP contribution in [0.15, 0.2) is 10.5 Å². The molecule has 0 unspecified atom stereocenters. The Balaban J connectivity index is 1.75. The lowest BCUT2D eigenvalue weighted by atomic mass is 9.94. The van der Waals surface area contributed by atoms with Gasteiger partial charge in [-0.05, 0) is 38.7 Å². The zero-order valence-corrected chi connectivity index (χ0v) is 15.0. The predicted octanol–water partition coefficient (Wildman–Crippen LogP) is 1.52. The molecule has 2 atom stereocenters. The molecule has 1 aromatic heterocycles. The van der Waals surface area contributed by atoms with Gasteiger partial charge in [0.25, 0.3) is 5.91 Å². The highest BCUT2D eigenvalue weighted by molar-refractivity contribution is 5.95. The number of fused-ring (bicyclic) bond motifs is 4. The van der Waals surface area contributed by atoms with Crippen molar-refractivity contribution in [3.05, 3.63) is 23.2 Å². The smallest absolute Gasteiger partial charge is 0.257 e. The molecular formula is C18H27N3O3. The van der Waals surface area contributed by atoms with Gasteiger partial charge < -0.3 is 14.2 Å². The molecule has 3 saturated heterocycles. The molecular weight excluding hydrogens is 306 g/mol. The molecule has 0 saturated carbocycles. The number of furan rings is 1. The van der Waals surface area contributed by atoms with Crippen LogP contribution in [0.5, 0.6) is 0 Å². The van der Waals surface area contributed by atoms with Crippen molar-refractivity contribution in [3.63, 3.8) is 0 Å². The second-order valence-corrected chi connectivity index (χ2v) is 7.36. The Labute approximate surface area is 143 Å². The number of amides is 2. The van der Waals surface area contributed by atoms with Gasteiger partial charge >= 0.3 is 0 Å². The van der Waals surface area contributed by atoms with Gasteiger partial charge in [0.1, 0.15) is 11.5 Å². The lowest BCUT2D eigenvalue weighted by Crippen LogP contribution is -2.47. The van der Waals surface area contributed by atoms with E-state index in [9.17, 15) is 9.59 Å². The fraction of sp³-hybridized carbons (Fsp3) is 0.667. The zero-order valence-electron chi connectivity index (χ0n) is 15.0. The number of rotatable bonds is 3. The van der Waals surface area contributed by atoms with E-state index in [-0.39, 0.29) is 17.9 Å². The molecule has 4 heterocycles. The molecule has 6 nitrogen and oxygen atoms in total. The number of piperidine rings is 1. The first-order chi connectivity index (χ1) is 11.3. The molecule has 3 aliphatic heterocycles. The van der Waals surface area contributed by atoms with Crippen LogP contribution >= 0.6 is 0 Å². The molecule has 0 N–H and O–H groups in total. The fourth-order valence-corrected chi connectivity index (χ4v) is 3.89. The number of hydrogen-bond acceptors (Lipinski definition) is 4. The minimum absolute atomic E-state index is 0.0693. The van der Waals surface area contributed by atoms with Crippen molar-refractivity contribution in [2.24, 2.45) is 5.92 Å². The van der Waals surface area contributed by atoms with E-state index in [2.05, 4.69) is 4.90 Å². The Hall–Kier alpha value is -1.82. The SMILES string of the molecule is Cc1cc(C(=O)N2C[C@@H]3CC[C@H]2CN(CC(=O)N(C)C)C3)c(C)o1. The summed E-state index contributed by atoms with van der Waals surface area (Å²) in [5.41, 5.74) is 0.677. The Morgan fingerprint density at radius 3 is 2.58 bits per heavy atom. The molecule has 2 bridgehead atoms. The molecule has 132 valence electrons. The summed E-state index contributed by atoms with van der Waals surface area (Å²) in [5.74, 6) is 2.09. The highest BCUT2D eigenvalue weighted by Crippen LogP contribution is 2.30. The maximum absolute atomic E-state index is 13.0. The van der Waals surface area contributed by atoms with Gasteiger partial charge in [0, 0.05) is 39.8 Å². The number of nitrogens with zero attached hydrogens (tertiary/aromatic N) is 3. The van der Waals surface area contributed by atoms with Crippen LogP contribution < -0.4 is 0 Å². The Bertz CT molecular complexity index is 637. The fourth-order valence-electron chi connectivity index (χ4n) is 3.89. The van der Waals surface area contributed by atoms with Crippen molar-refractivity contribution in [2.75, 3.05) is 40.3 Å². The normalized spacial score (nSPS) is 24.1. The Morgan fingerprint density at radius 2 is 1.96 bits per heavy atom. The molecule has 0 spiro atoms. The quantitative estimate of drug-likeness (QED) is 0.842. The van der Waals surface area contributed by atoms with Crippen LogP contribution in [-0.2, 0) is 4.79 Å². The summed E-state index contributed by atoms with van der Waals surface area (Å²) in [7, 11) is 3.57. The Kier molecular flexibility index (Phi) is 4.67. The third-order valence-corrected chi connectivity index (χ3v) is 5.18. The monoisotopic (exact) mass is 333 g/mol. The van der Waals surface area contributed by atoms with Crippen molar-refractivity contribution >= 4 is 11.8 Å². The van der Waals surface area contributed by atoms with Crippen molar-refractivity contribution in [1.82, 2.24) is 14.7 Å². The lowest BCUT2D eigenvalue weighted by Gasteiger charge is -2.36. The molecule has 3 fully saturated rings. The van der Waals surface area contributed by atoms with Gasteiger partial charge in [-0.25, -0.2) is 0 Å². The predicted molar refractivity (Wildman–Crippen MR) is 90.9 cm³/mol. The van der Waals surface area contributed by atoms with Gasteiger partial charge in [-0.15, -0.1) is 0 Å². The van der Waals surface area contributed by atoms with Crippen LogP contribution in [0.3, 0.4) is 0 Å². The van der Waals surface area contributed by atoms with Crippen LogP contribution in [0.4, 0.5) is 0 Å². The van der Waals surface area contributed by atoms with E-state index >= 15 is 0 Å². The van der Waals surface area contributed by atoms with E-state index in [0.29, 0.717) is 23.8 Å². The molecule has 6 heteroatoms. The first kappa shape index (κ1) is 17.0. The molecule has 1 aromatic rings. The molecule has 0 aliphatic carbocycles. The van der Waals surface area contributed by atoms with E-state index in [1.54, 1.807) is 19.0 Å². The third-order valence-electron chi connectivity index (χ3n) is 5.18. The summed E-state index contributed by atoms with van der Waals surface area (Å²) in [6.45, 7) is 6.60. The van der Waals surface area contributed by atoms with Crippen molar-refractivity contribution in [1.29, 1.82) is 0 Å². The number of hydrogen-bond donors (Lipinski definition) is 0. The number of carbonyl (C=O) groups is 2. The second-order valence-electron chi connectivity index (χ2n) is 7.36. The summed E-state index contributed by atoms with van der Waals surface area (Å²) in [5, 5.41) is 0. The lowest BCUT2D eigenvalue weighted by molar-refractivity contribution is -0.129. The van der Waals surface area contributed by atoms with Crippen LogP contribution in [0.1, 0.15) is 34.7 Å². The molecule has 2 amide bonds. The third kappa shape index (κ3) is 3.34. The summed E-state index contributed by atoms with van der Waals surface area (Å²) in [6, 6.07) is 2.02. The van der Waals surface area contributed by atoms with Crippen LogP contribution in [-0.4, -0.2) is 72.8 Å². The minimum Gasteiger partial charge on any atom is -0.466 e. The average Bonchev–Trinajstić information content (AvgIpc) is 2.69. The topological polar surface area (TPSA) is 57.0 Å². The summed E-state index contributed by atoms with van der Waals surface area (Å²) >= 11 is 0. The van der Waals surface area contributed by atoms with E-state index in [1.807, 2.05) is 24.8 Å². The van der Waals surface area contributed by atoms with Crippen molar-refractivity contribution in [3.8, 4) is 0 Å². The van der Waals surface area contributed by atoms with Gasteiger partial charge in [-0.2, -0.15) is 0 Å².